The SMILES string of the molecule is Fc1ccc(Nc2cc(C3CC3)nc(NC3CC3)n2)c(F)c1F. The van der Waals surface area contributed by atoms with Crippen molar-refractivity contribution in [1.29, 1.82) is 0 Å². The lowest BCUT2D eigenvalue weighted by Gasteiger charge is -2.11. The first-order chi connectivity index (χ1) is 11.1. The van der Waals surface area contributed by atoms with Gasteiger partial charge < -0.3 is 10.6 Å². The van der Waals surface area contributed by atoms with Crippen molar-refractivity contribution in [2.24, 2.45) is 0 Å². The van der Waals surface area contributed by atoms with E-state index in [2.05, 4.69) is 20.6 Å². The van der Waals surface area contributed by atoms with Crippen molar-refractivity contribution in [1.82, 2.24) is 9.97 Å². The highest BCUT2D eigenvalue weighted by molar-refractivity contribution is 5.59. The van der Waals surface area contributed by atoms with E-state index in [0.717, 1.165) is 43.5 Å². The summed E-state index contributed by atoms with van der Waals surface area (Å²) in [6, 6.07) is 4.15. The zero-order valence-electron chi connectivity index (χ0n) is 12.2. The maximum Gasteiger partial charge on any atom is 0.225 e. The Hall–Kier alpha value is -2.31. The molecule has 7 heteroatoms. The number of rotatable bonds is 5. The largest absolute Gasteiger partial charge is 0.351 e. The van der Waals surface area contributed by atoms with Crippen molar-refractivity contribution in [2.45, 2.75) is 37.6 Å². The number of anilines is 3. The molecule has 4 rings (SSSR count). The first-order valence-corrected chi connectivity index (χ1v) is 7.66. The van der Waals surface area contributed by atoms with Crippen LogP contribution in [0.4, 0.5) is 30.6 Å². The van der Waals surface area contributed by atoms with Gasteiger partial charge in [-0.15, -0.1) is 0 Å². The summed E-state index contributed by atoms with van der Waals surface area (Å²) in [5, 5.41) is 5.93. The molecule has 4 nitrogen and oxygen atoms in total. The van der Waals surface area contributed by atoms with Gasteiger partial charge in [-0.25, -0.2) is 18.2 Å². The lowest BCUT2D eigenvalue weighted by atomic mass is 10.2. The molecule has 2 N–H and O–H groups in total. The van der Waals surface area contributed by atoms with E-state index in [9.17, 15) is 13.2 Å². The summed E-state index contributed by atoms with van der Waals surface area (Å²) in [5.41, 5.74) is 0.732. The van der Waals surface area contributed by atoms with Crippen molar-refractivity contribution in [3.8, 4) is 0 Å². The van der Waals surface area contributed by atoms with Gasteiger partial charge in [0.25, 0.3) is 0 Å². The minimum Gasteiger partial charge on any atom is -0.351 e. The Bertz CT molecular complexity index is 757. The first kappa shape index (κ1) is 14.3. The normalized spacial score (nSPS) is 17.2. The third kappa shape index (κ3) is 3.09. The number of benzene rings is 1. The van der Waals surface area contributed by atoms with E-state index in [4.69, 9.17) is 0 Å². The average molecular weight is 320 g/mol. The minimum atomic E-state index is -1.50. The Kier molecular flexibility index (Phi) is 3.36. The summed E-state index contributed by atoms with van der Waals surface area (Å²) in [4.78, 5) is 8.78. The van der Waals surface area contributed by atoms with E-state index >= 15 is 0 Å². The maximum atomic E-state index is 13.8. The molecule has 0 bridgehead atoms. The molecule has 23 heavy (non-hydrogen) atoms. The lowest BCUT2D eigenvalue weighted by molar-refractivity contribution is 0.449. The molecule has 120 valence electrons. The number of nitrogens with one attached hydrogen (secondary N) is 2. The molecular formula is C16H15F3N4. The molecule has 0 aliphatic heterocycles. The van der Waals surface area contributed by atoms with Crippen molar-refractivity contribution < 1.29 is 13.2 Å². The third-order valence-corrected chi connectivity index (χ3v) is 3.95. The predicted octanol–water partition coefficient (Wildman–Crippen LogP) is 4.09. The van der Waals surface area contributed by atoms with Crippen LogP contribution in [0.15, 0.2) is 18.2 Å². The Morgan fingerprint density at radius 2 is 1.74 bits per heavy atom. The molecule has 0 amide bonds. The molecule has 2 aliphatic carbocycles. The van der Waals surface area contributed by atoms with Crippen LogP contribution in [0, 0.1) is 17.5 Å². The van der Waals surface area contributed by atoms with Crippen molar-refractivity contribution in [3.05, 3.63) is 41.3 Å². The molecule has 1 aromatic carbocycles. The smallest absolute Gasteiger partial charge is 0.225 e. The van der Waals surface area contributed by atoms with Crippen molar-refractivity contribution in [2.75, 3.05) is 10.6 Å². The summed E-state index contributed by atoms with van der Waals surface area (Å²) < 4.78 is 40.2. The fourth-order valence-corrected chi connectivity index (χ4v) is 2.35. The second kappa shape index (κ2) is 5.40. The van der Waals surface area contributed by atoms with E-state index in [1.807, 2.05) is 0 Å². The fraction of sp³-hybridized carbons (Fsp3) is 0.375. The highest BCUT2D eigenvalue weighted by Gasteiger charge is 2.28. The van der Waals surface area contributed by atoms with Crippen LogP contribution >= 0.6 is 0 Å². The van der Waals surface area contributed by atoms with Crippen LogP contribution in [0.2, 0.25) is 0 Å². The van der Waals surface area contributed by atoms with Gasteiger partial charge in [-0.05, 0) is 37.8 Å². The predicted molar refractivity (Wildman–Crippen MR) is 80.3 cm³/mol. The molecule has 0 unspecified atom stereocenters. The number of nitrogens with zero attached hydrogens (tertiary/aromatic N) is 2. The van der Waals surface area contributed by atoms with Gasteiger partial charge in [-0.2, -0.15) is 4.98 Å². The number of hydrogen-bond acceptors (Lipinski definition) is 4. The monoisotopic (exact) mass is 320 g/mol. The maximum absolute atomic E-state index is 13.8. The number of aromatic nitrogens is 2. The molecule has 1 aromatic heterocycles. The van der Waals surface area contributed by atoms with Gasteiger partial charge in [0.15, 0.2) is 17.5 Å². The fourth-order valence-electron chi connectivity index (χ4n) is 2.35. The number of halogens is 3. The second-order valence-corrected chi connectivity index (χ2v) is 6.04. The van der Waals surface area contributed by atoms with Gasteiger partial charge in [0.2, 0.25) is 5.95 Å². The second-order valence-electron chi connectivity index (χ2n) is 6.04. The van der Waals surface area contributed by atoms with Crippen LogP contribution in [0.1, 0.15) is 37.3 Å². The van der Waals surface area contributed by atoms with Crippen molar-refractivity contribution in [3.63, 3.8) is 0 Å². The van der Waals surface area contributed by atoms with Gasteiger partial charge in [0.05, 0.1) is 11.4 Å². The molecule has 2 saturated carbocycles. The first-order valence-electron chi connectivity index (χ1n) is 7.66. The summed E-state index contributed by atoms with van der Waals surface area (Å²) >= 11 is 0. The van der Waals surface area contributed by atoms with Gasteiger partial charge in [0.1, 0.15) is 5.82 Å². The Morgan fingerprint density at radius 3 is 2.43 bits per heavy atom. The zero-order chi connectivity index (χ0) is 16.0. The summed E-state index contributed by atoms with van der Waals surface area (Å²) in [6.07, 6.45) is 4.30. The van der Waals surface area contributed by atoms with Crippen LogP contribution in [-0.2, 0) is 0 Å². The minimum absolute atomic E-state index is 0.151. The molecule has 2 aromatic rings. The molecule has 0 spiro atoms. The quantitative estimate of drug-likeness (QED) is 0.815. The number of hydrogen-bond donors (Lipinski definition) is 2. The molecule has 0 saturated heterocycles. The summed E-state index contributed by atoms with van der Waals surface area (Å²) in [7, 11) is 0. The van der Waals surface area contributed by atoms with E-state index in [-0.39, 0.29) is 5.69 Å². The van der Waals surface area contributed by atoms with Crippen LogP contribution in [0.3, 0.4) is 0 Å². The molecule has 1 heterocycles. The van der Waals surface area contributed by atoms with E-state index < -0.39 is 17.5 Å². The van der Waals surface area contributed by atoms with Gasteiger partial charge in [0, 0.05) is 18.0 Å². The zero-order valence-corrected chi connectivity index (χ0v) is 12.2. The van der Waals surface area contributed by atoms with Crippen molar-refractivity contribution >= 4 is 17.5 Å². The average Bonchev–Trinajstić information content (AvgIpc) is 3.41. The summed E-state index contributed by atoms with van der Waals surface area (Å²) in [5.74, 6) is -2.72. The highest BCUT2D eigenvalue weighted by atomic mass is 19.2. The molecule has 0 atom stereocenters. The van der Waals surface area contributed by atoms with Crippen LogP contribution in [0.5, 0.6) is 0 Å². The Balaban J connectivity index is 1.64. The van der Waals surface area contributed by atoms with E-state index in [0.29, 0.717) is 23.7 Å². The molecule has 2 aliphatic rings. The Morgan fingerprint density at radius 1 is 0.957 bits per heavy atom. The summed E-state index contributed by atoms with van der Waals surface area (Å²) in [6.45, 7) is 0. The standard InChI is InChI=1S/C16H15F3N4/c17-10-5-6-11(15(19)14(10)18)21-13-7-12(8-1-2-8)22-16(23-13)20-9-3-4-9/h5-9H,1-4H2,(H2,20,21,22,23). The Labute approximate surface area is 131 Å². The van der Waals surface area contributed by atoms with Gasteiger partial charge in [-0.3, -0.25) is 0 Å². The van der Waals surface area contributed by atoms with Crippen LogP contribution in [0.25, 0.3) is 0 Å². The topological polar surface area (TPSA) is 49.8 Å². The van der Waals surface area contributed by atoms with Crippen LogP contribution in [-0.4, -0.2) is 16.0 Å². The lowest BCUT2D eigenvalue weighted by Crippen LogP contribution is -2.09. The van der Waals surface area contributed by atoms with Crippen LogP contribution < -0.4 is 10.6 Å². The molecular weight excluding hydrogens is 305 g/mol. The van der Waals surface area contributed by atoms with E-state index in [1.165, 1.54) is 0 Å². The van der Waals surface area contributed by atoms with E-state index in [1.54, 1.807) is 6.07 Å². The molecule has 2 fully saturated rings. The molecule has 0 radical (unpaired) electrons. The highest BCUT2D eigenvalue weighted by Crippen LogP contribution is 2.40. The van der Waals surface area contributed by atoms with Gasteiger partial charge in [-0.1, -0.05) is 0 Å². The van der Waals surface area contributed by atoms with Gasteiger partial charge >= 0.3 is 0 Å². The third-order valence-electron chi connectivity index (χ3n) is 3.95.